The van der Waals surface area contributed by atoms with Crippen LogP contribution in [0.4, 0.5) is 5.69 Å². The minimum atomic E-state index is -0.872. The molecule has 1 saturated carbocycles. The minimum absolute atomic E-state index is 0.183. The number of carboxylic acid groups (broad SMARTS) is 1. The van der Waals surface area contributed by atoms with Gasteiger partial charge >= 0.3 is 5.97 Å². The van der Waals surface area contributed by atoms with E-state index in [1.165, 1.54) is 5.56 Å². The second-order valence-corrected chi connectivity index (χ2v) is 4.67. The summed E-state index contributed by atoms with van der Waals surface area (Å²) in [6, 6.07) is 7.63. The number of anilines is 1. The van der Waals surface area contributed by atoms with Crippen molar-refractivity contribution in [3.05, 3.63) is 29.8 Å². The van der Waals surface area contributed by atoms with Crippen LogP contribution in [0.2, 0.25) is 0 Å². The van der Waals surface area contributed by atoms with E-state index in [1.54, 1.807) is 0 Å². The molecular weight excluding hydrogens is 230 g/mol. The summed E-state index contributed by atoms with van der Waals surface area (Å²) in [7, 11) is 0. The van der Waals surface area contributed by atoms with Crippen molar-refractivity contribution in [1.29, 1.82) is 0 Å². The molecule has 2 N–H and O–H groups in total. The molecule has 1 aromatic carbocycles. The van der Waals surface area contributed by atoms with Crippen LogP contribution in [0.25, 0.3) is 0 Å². The molecule has 2 atom stereocenters. The first-order chi connectivity index (χ1) is 8.61. The summed E-state index contributed by atoms with van der Waals surface area (Å²) in [5.74, 6) is -1.95. The van der Waals surface area contributed by atoms with Crippen LogP contribution in [0.3, 0.4) is 0 Å². The third-order valence-electron chi connectivity index (χ3n) is 3.56. The Morgan fingerprint density at radius 2 is 1.83 bits per heavy atom. The van der Waals surface area contributed by atoms with Crippen LogP contribution >= 0.6 is 0 Å². The third-order valence-corrected chi connectivity index (χ3v) is 3.56. The van der Waals surface area contributed by atoms with Gasteiger partial charge in [0.15, 0.2) is 0 Å². The van der Waals surface area contributed by atoms with Gasteiger partial charge < -0.3 is 10.4 Å². The molecule has 1 aliphatic rings. The van der Waals surface area contributed by atoms with E-state index in [1.807, 2.05) is 24.3 Å². The van der Waals surface area contributed by atoms with E-state index < -0.39 is 11.9 Å². The lowest BCUT2D eigenvalue weighted by Gasteiger charge is -2.31. The molecule has 4 heteroatoms. The van der Waals surface area contributed by atoms with Crippen LogP contribution in [0, 0.1) is 11.8 Å². The first-order valence-corrected chi connectivity index (χ1v) is 6.24. The Labute approximate surface area is 106 Å². The number of aliphatic carboxylic acids is 1. The monoisotopic (exact) mass is 247 g/mol. The molecule has 2 unspecified atom stereocenters. The van der Waals surface area contributed by atoms with Gasteiger partial charge in [-0.05, 0) is 37.0 Å². The molecule has 0 radical (unpaired) electrons. The Balaban J connectivity index is 1.96. The molecular formula is C14H17NO3. The zero-order valence-electron chi connectivity index (χ0n) is 10.3. The number of nitrogens with one attached hydrogen (secondary N) is 1. The summed E-state index contributed by atoms with van der Waals surface area (Å²) in [6.07, 6.45) is 2.22. The molecule has 0 aromatic heterocycles. The summed E-state index contributed by atoms with van der Waals surface area (Å²) in [4.78, 5) is 22.7. The molecule has 0 spiro atoms. The lowest BCUT2D eigenvalue weighted by atomic mass is 9.73. The van der Waals surface area contributed by atoms with Crippen LogP contribution in [-0.4, -0.2) is 17.0 Å². The number of benzene rings is 1. The van der Waals surface area contributed by atoms with E-state index in [9.17, 15) is 9.59 Å². The highest BCUT2D eigenvalue weighted by Crippen LogP contribution is 2.35. The second kappa shape index (κ2) is 5.21. The minimum Gasteiger partial charge on any atom is -0.481 e. The van der Waals surface area contributed by atoms with Gasteiger partial charge in [0, 0.05) is 5.69 Å². The number of carboxylic acids is 1. The normalized spacial score (nSPS) is 22.1. The maximum absolute atomic E-state index is 11.9. The Kier molecular flexibility index (Phi) is 3.65. The van der Waals surface area contributed by atoms with E-state index >= 15 is 0 Å². The predicted octanol–water partition coefficient (Wildman–Crippen LogP) is 2.30. The molecule has 1 aliphatic carbocycles. The molecule has 1 amide bonds. The standard InChI is InChI=1S/C14H17NO3/c1-2-9-3-5-10(6-4-9)15-13(16)11-7-8-12(11)14(17)18/h3-6,11-12H,2,7-8H2,1H3,(H,15,16)(H,17,18). The van der Waals surface area contributed by atoms with Gasteiger partial charge in [-0.25, -0.2) is 0 Å². The molecule has 4 nitrogen and oxygen atoms in total. The molecule has 0 aliphatic heterocycles. The van der Waals surface area contributed by atoms with Crippen LogP contribution in [-0.2, 0) is 16.0 Å². The van der Waals surface area contributed by atoms with Gasteiger partial charge in [0.2, 0.25) is 5.91 Å². The maximum Gasteiger partial charge on any atom is 0.307 e. The van der Waals surface area contributed by atoms with Crippen LogP contribution in [0.1, 0.15) is 25.3 Å². The lowest BCUT2D eigenvalue weighted by molar-refractivity contribution is -0.151. The van der Waals surface area contributed by atoms with Crippen molar-refractivity contribution in [3.8, 4) is 0 Å². The van der Waals surface area contributed by atoms with E-state index in [0.717, 1.165) is 12.1 Å². The first kappa shape index (κ1) is 12.6. The average Bonchev–Trinajstić information content (AvgIpc) is 2.27. The fourth-order valence-corrected chi connectivity index (χ4v) is 2.17. The van der Waals surface area contributed by atoms with Gasteiger partial charge in [-0.15, -0.1) is 0 Å². The Morgan fingerprint density at radius 3 is 2.28 bits per heavy atom. The molecule has 18 heavy (non-hydrogen) atoms. The number of aryl methyl sites for hydroxylation is 1. The van der Waals surface area contributed by atoms with Gasteiger partial charge in [-0.1, -0.05) is 19.1 Å². The number of amides is 1. The number of hydrogen-bond acceptors (Lipinski definition) is 2. The van der Waals surface area contributed by atoms with Crippen LogP contribution < -0.4 is 5.32 Å². The van der Waals surface area contributed by atoms with Gasteiger partial charge in [0.1, 0.15) is 0 Å². The smallest absolute Gasteiger partial charge is 0.307 e. The molecule has 0 saturated heterocycles. The number of carbonyl (C=O) groups is 2. The fourth-order valence-electron chi connectivity index (χ4n) is 2.17. The largest absolute Gasteiger partial charge is 0.481 e. The van der Waals surface area contributed by atoms with Crippen LogP contribution in [0.5, 0.6) is 0 Å². The number of rotatable bonds is 4. The summed E-state index contributed by atoms with van der Waals surface area (Å²) >= 11 is 0. The van der Waals surface area contributed by atoms with E-state index in [4.69, 9.17) is 5.11 Å². The van der Waals surface area contributed by atoms with Gasteiger partial charge in [0.25, 0.3) is 0 Å². The zero-order chi connectivity index (χ0) is 13.1. The van der Waals surface area contributed by atoms with Gasteiger partial charge in [-0.3, -0.25) is 9.59 Å². The number of hydrogen-bond donors (Lipinski definition) is 2. The van der Waals surface area contributed by atoms with Crippen molar-refractivity contribution in [2.24, 2.45) is 11.8 Å². The molecule has 1 fully saturated rings. The zero-order valence-corrected chi connectivity index (χ0v) is 10.3. The Morgan fingerprint density at radius 1 is 1.22 bits per heavy atom. The fraction of sp³-hybridized carbons (Fsp3) is 0.429. The van der Waals surface area contributed by atoms with E-state index in [0.29, 0.717) is 12.8 Å². The van der Waals surface area contributed by atoms with E-state index in [2.05, 4.69) is 12.2 Å². The van der Waals surface area contributed by atoms with Crippen molar-refractivity contribution in [3.63, 3.8) is 0 Å². The van der Waals surface area contributed by atoms with Crippen molar-refractivity contribution in [1.82, 2.24) is 0 Å². The van der Waals surface area contributed by atoms with Gasteiger partial charge in [-0.2, -0.15) is 0 Å². The quantitative estimate of drug-likeness (QED) is 0.858. The summed E-state index contributed by atoms with van der Waals surface area (Å²) in [5, 5.41) is 11.7. The van der Waals surface area contributed by atoms with Gasteiger partial charge in [0.05, 0.1) is 11.8 Å². The highest BCUT2D eigenvalue weighted by atomic mass is 16.4. The molecule has 0 bridgehead atoms. The van der Waals surface area contributed by atoms with E-state index in [-0.39, 0.29) is 11.8 Å². The second-order valence-electron chi connectivity index (χ2n) is 4.67. The Bertz CT molecular complexity index is 453. The summed E-state index contributed by atoms with van der Waals surface area (Å²) in [6.45, 7) is 2.07. The summed E-state index contributed by atoms with van der Waals surface area (Å²) < 4.78 is 0. The molecule has 0 heterocycles. The SMILES string of the molecule is CCc1ccc(NC(=O)C2CCC2C(=O)O)cc1. The lowest BCUT2D eigenvalue weighted by Crippen LogP contribution is -2.41. The highest BCUT2D eigenvalue weighted by molar-refractivity contribution is 5.96. The maximum atomic E-state index is 11.9. The van der Waals surface area contributed by atoms with Crippen molar-refractivity contribution in [2.45, 2.75) is 26.2 Å². The topological polar surface area (TPSA) is 66.4 Å². The molecule has 96 valence electrons. The molecule has 2 rings (SSSR count). The number of carbonyl (C=O) groups excluding carboxylic acids is 1. The van der Waals surface area contributed by atoms with Crippen molar-refractivity contribution < 1.29 is 14.7 Å². The van der Waals surface area contributed by atoms with Crippen molar-refractivity contribution in [2.75, 3.05) is 5.32 Å². The predicted molar refractivity (Wildman–Crippen MR) is 68.3 cm³/mol. The first-order valence-electron chi connectivity index (χ1n) is 6.24. The summed E-state index contributed by atoms with van der Waals surface area (Å²) in [5.41, 5.74) is 1.94. The Hall–Kier alpha value is -1.84. The van der Waals surface area contributed by atoms with Crippen molar-refractivity contribution >= 4 is 17.6 Å². The third kappa shape index (κ3) is 2.53. The molecule has 1 aromatic rings. The average molecular weight is 247 g/mol. The highest BCUT2D eigenvalue weighted by Gasteiger charge is 2.41. The van der Waals surface area contributed by atoms with Crippen LogP contribution in [0.15, 0.2) is 24.3 Å².